The topological polar surface area (TPSA) is 71.4 Å². The van der Waals surface area contributed by atoms with E-state index < -0.39 is 5.41 Å². The van der Waals surface area contributed by atoms with Crippen molar-refractivity contribution in [3.05, 3.63) is 72.3 Å². The highest BCUT2D eigenvalue weighted by Gasteiger charge is 2.41. The number of carbonyl (C=O) groups is 1. The van der Waals surface area contributed by atoms with Crippen molar-refractivity contribution in [1.82, 2.24) is 14.9 Å². The lowest BCUT2D eigenvalue weighted by Gasteiger charge is -2.28. The number of carbonyl (C=O) groups excluding carboxylic acids is 1. The maximum atomic E-state index is 12.6. The van der Waals surface area contributed by atoms with Crippen molar-refractivity contribution in [2.24, 2.45) is 5.41 Å². The molecular weight excluding hydrogens is 458 g/mol. The van der Waals surface area contributed by atoms with Crippen LogP contribution in [0.1, 0.15) is 64.0 Å². The summed E-state index contributed by atoms with van der Waals surface area (Å²) in [7, 11) is 1.60. The number of hydrogen-bond donors (Lipinski definition) is 2. The highest BCUT2D eigenvalue weighted by atomic mass is 32.1. The van der Waals surface area contributed by atoms with Crippen LogP contribution in [0.25, 0.3) is 0 Å². The fraction of sp³-hybridized carbons (Fsp3) is 0.370. The SMILES string of the molecule is COc1cc(N2C(=S)N[C@H](c3ccccn3)[C@@H]2c2ccn(C(C)C)c2)ccc1NC(=O)C(C)(C)C. The van der Waals surface area contributed by atoms with E-state index in [4.69, 9.17) is 17.0 Å². The molecule has 8 heteroatoms. The Labute approximate surface area is 212 Å². The van der Waals surface area contributed by atoms with E-state index in [1.54, 1.807) is 13.3 Å². The number of nitrogens with zero attached hydrogens (tertiary/aromatic N) is 3. The van der Waals surface area contributed by atoms with Crippen LogP contribution in [-0.2, 0) is 4.79 Å². The van der Waals surface area contributed by atoms with Crippen LogP contribution < -0.4 is 20.3 Å². The number of aromatic nitrogens is 2. The van der Waals surface area contributed by atoms with Gasteiger partial charge in [0.2, 0.25) is 5.91 Å². The van der Waals surface area contributed by atoms with Gasteiger partial charge < -0.3 is 24.8 Å². The lowest BCUT2D eigenvalue weighted by molar-refractivity contribution is -0.123. The van der Waals surface area contributed by atoms with E-state index in [0.29, 0.717) is 22.6 Å². The molecule has 0 bridgehead atoms. The third-order valence-electron chi connectivity index (χ3n) is 6.17. The van der Waals surface area contributed by atoms with Crippen LogP contribution in [0.2, 0.25) is 0 Å². The summed E-state index contributed by atoms with van der Waals surface area (Å²) in [6, 6.07) is 13.9. The molecule has 7 nitrogen and oxygen atoms in total. The highest BCUT2D eigenvalue weighted by molar-refractivity contribution is 7.80. The second-order valence-corrected chi connectivity index (χ2v) is 10.5. The first-order chi connectivity index (χ1) is 16.6. The molecule has 2 N–H and O–H groups in total. The minimum Gasteiger partial charge on any atom is -0.494 e. The number of anilines is 2. The van der Waals surface area contributed by atoms with Gasteiger partial charge in [-0.15, -0.1) is 0 Å². The van der Waals surface area contributed by atoms with Crippen molar-refractivity contribution in [3.8, 4) is 5.75 Å². The van der Waals surface area contributed by atoms with Crippen molar-refractivity contribution >= 4 is 34.6 Å². The van der Waals surface area contributed by atoms with Gasteiger partial charge in [-0.1, -0.05) is 26.8 Å². The number of benzene rings is 1. The fourth-order valence-corrected chi connectivity index (χ4v) is 4.49. The number of thiocarbonyl (C=S) groups is 1. The average Bonchev–Trinajstić information content (AvgIpc) is 3.44. The second-order valence-electron chi connectivity index (χ2n) is 10.1. The van der Waals surface area contributed by atoms with Gasteiger partial charge >= 0.3 is 0 Å². The molecule has 1 aromatic carbocycles. The van der Waals surface area contributed by atoms with Gasteiger partial charge in [0.05, 0.1) is 30.6 Å². The number of nitrogens with one attached hydrogen (secondary N) is 2. The summed E-state index contributed by atoms with van der Waals surface area (Å²) in [5.41, 5.74) is 3.02. The van der Waals surface area contributed by atoms with Crippen LogP contribution >= 0.6 is 12.2 Å². The molecular formula is C27H33N5O2S. The molecule has 1 aliphatic rings. The maximum Gasteiger partial charge on any atom is 0.229 e. The molecule has 3 heterocycles. The zero-order valence-corrected chi connectivity index (χ0v) is 21.9. The highest BCUT2D eigenvalue weighted by Crippen LogP contribution is 2.43. The maximum absolute atomic E-state index is 12.6. The zero-order valence-electron chi connectivity index (χ0n) is 21.1. The first-order valence-corrected chi connectivity index (χ1v) is 12.2. The summed E-state index contributed by atoms with van der Waals surface area (Å²) in [6.45, 7) is 9.95. The summed E-state index contributed by atoms with van der Waals surface area (Å²) in [4.78, 5) is 19.3. The Morgan fingerprint density at radius 1 is 1.20 bits per heavy atom. The smallest absolute Gasteiger partial charge is 0.229 e. The van der Waals surface area contributed by atoms with Crippen LogP contribution in [0.3, 0.4) is 0 Å². The first kappa shape index (κ1) is 24.7. The molecule has 1 fully saturated rings. The average molecular weight is 492 g/mol. The van der Waals surface area contributed by atoms with Gasteiger partial charge in [-0.25, -0.2) is 0 Å². The molecule has 0 spiro atoms. The molecule has 4 rings (SSSR count). The van der Waals surface area contributed by atoms with Crippen molar-refractivity contribution in [2.75, 3.05) is 17.3 Å². The lowest BCUT2D eigenvalue weighted by atomic mass is 9.95. The summed E-state index contributed by atoms with van der Waals surface area (Å²) >= 11 is 5.84. The molecule has 3 aromatic rings. The van der Waals surface area contributed by atoms with E-state index >= 15 is 0 Å². The normalized spacial score (nSPS) is 18.0. The molecule has 35 heavy (non-hydrogen) atoms. The molecule has 0 unspecified atom stereocenters. The van der Waals surface area contributed by atoms with Crippen molar-refractivity contribution in [2.45, 2.75) is 52.7 Å². The second kappa shape index (κ2) is 9.70. The van der Waals surface area contributed by atoms with Crippen LogP contribution in [0.4, 0.5) is 11.4 Å². The van der Waals surface area contributed by atoms with Crippen LogP contribution in [0, 0.1) is 5.41 Å². The summed E-state index contributed by atoms with van der Waals surface area (Å²) in [6.07, 6.45) is 6.07. The van der Waals surface area contributed by atoms with Gasteiger partial charge in [0, 0.05) is 41.8 Å². The van der Waals surface area contributed by atoms with E-state index in [2.05, 4.69) is 57.4 Å². The first-order valence-electron chi connectivity index (χ1n) is 11.8. The molecule has 1 aliphatic heterocycles. The summed E-state index contributed by atoms with van der Waals surface area (Å²) < 4.78 is 7.85. The van der Waals surface area contributed by atoms with Crippen molar-refractivity contribution in [1.29, 1.82) is 0 Å². The zero-order chi connectivity index (χ0) is 25.3. The minimum atomic E-state index is -0.519. The Balaban J connectivity index is 1.76. The van der Waals surface area contributed by atoms with E-state index in [1.807, 2.05) is 57.2 Å². The van der Waals surface area contributed by atoms with Gasteiger partial charge in [-0.2, -0.15) is 0 Å². The number of pyridine rings is 1. The molecule has 0 radical (unpaired) electrons. The van der Waals surface area contributed by atoms with Crippen molar-refractivity contribution in [3.63, 3.8) is 0 Å². The fourth-order valence-electron chi connectivity index (χ4n) is 4.14. The quantitative estimate of drug-likeness (QED) is 0.435. The van der Waals surface area contributed by atoms with E-state index in [0.717, 1.165) is 16.9 Å². The molecule has 0 aliphatic carbocycles. The number of amides is 1. The summed E-state index contributed by atoms with van der Waals surface area (Å²) in [5.74, 6) is 0.493. The summed E-state index contributed by atoms with van der Waals surface area (Å²) in [5, 5.41) is 7.07. The largest absolute Gasteiger partial charge is 0.494 e. The van der Waals surface area contributed by atoms with Gasteiger partial charge in [0.15, 0.2) is 5.11 Å². The number of ether oxygens (including phenoxy) is 1. The number of hydrogen-bond acceptors (Lipinski definition) is 4. The Bertz CT molecular complexity index is 1220. The van der Waals surface area contributed by atoms with E-state index in [-0.39, 0.29) is 18.0 Å². The van der Waals surface area contributed by atoms with Gasteiger partial charge in [-0.3, -0.25) is 9.78 Å². The lowest BCUT2D eigenvalue weighted by Crippen LogP contribution is -2.30. The number of rotatable bonds is 6. The minimum absolute atomic E-state index is 0.0787. The molecule has 2 aromatic heterocycles. The van der Waals surface area contributed by atoms with E-state index in [9.17, 15) is 4.79 Å². The molecule has 0 saturated carbocycles. The third kappa shape index (κ3) is 5.03. The molecule has 2 atom stereocenters. The van der Waals surface area contributed by atoms with Crippen molar-refractivity contribution < 1.29 is 9.53 Å². The Morgan fingerprint density at radius 2 is 1.97 bits per heavy atom. The molecule has 1 saturated heterocycles. The molecule has 1 amide bonds. The van der Waals surface area contributed by atoms with Gasteiger partial charge in [0.25, 0.3) is 0 Å². The monoisotopic (exact) mass is 491 g/mol. The van der Waals surface area contributed by atoms with Gasteiger partial charge in [0.1, 0.15) is 5.75 Å². The standard InChI is InChI=1S/C27H33N5O2S/c1-17(2)31-14-12-18(16-31)24-23(21-9-7-8-13-28-21)30-26(35)32(24)19-10-11-20(22(15-19)34-6)29-25(33)27(3,4)5/h7-17,23-24H,1-6H3,(H,29,33)(H,30,35)/t23-,24+/m1/s1. The van der Waals surface area contributed by atoms with Crippen LogP contribution in [0.15, 0.2) is 61.1 Å². The van der Waals surface area contributed by atoms with Crippen LogP contribution in [-0.4, -0.2) is 27.7 Å². The number of methoxy groups -OCH3 is 1. The Hall–Kier alpha value is -3.39. The van der Waals surface area contributed by atoms with Crippen LogP contribution in [0.5, 0.6) is 5.75 Å². The molecule has 184 valence electrons. The van der Waals surface area contributed by atoms with E-state index in [1.165, 1.54) is 0 Å². The predicted molar refractivity (Wildman–Crippen MR) is 144 cm³/mol. The predicted octanol–water partition coefficient (Wildman–Crippen LogP) is 5.63. The Kier molecular flexibility index (Phi) is 6.85. The van der Waals surface area contributed by atoms with Gasteiger partial charge in [-0.05, 0) is 62.0 Å². The third-order valence-corrected chi connectivity index (χ3v) is 6.48. The Morgan fingerprint density at radius 3 is 2.57 bits per heavy atom.